The van der Waals surface area contributed by atoms with Crippen molar-refractivity contribution in [3.8, 4) is 0 Å². The number of aromatic nitrogens is 1. The fraction of sp³-hybridized carbons (Fsp3) is 0.205. The summed E-state index contributed by atoms with van der Waals surface area (Å²) in [5.41, 5.74) is 10.7. The summed E-state index contributed by atoms with van der Waals surface area (Å²) in [7, 11) is 0. The molecule has 1 saturated carbocycles. The second kappa shape index (κ2) is 14.0. The highest BCUT2D eigenvalue weighted by Gasteiger charge is 2.31. The number of anilines is 1. The van der Waals surface area contributed by atoms with Crippen molar-refractivity contribution >= 4 is 5.69 Å². The Morgan fingerprint density at radius 3 is 1.43 bits per heavy atom. The van der Waals surface area contributed by atoms with Gasteiger partial charge in [0.15, 0.2) is 12.4 Å². The van der Waals surface area contributed by atoms with E-state index in [1.54, 1.807) is 0 Å². The zero-order valence-electron chi connectivity index (χ0n) is 26.7. The molecule has 0 saturated heterocycles. The molecule has 2 heteroatoms. The van der Waals surface area contributed by atoms with E-state index in [0.29, 0.717) is 5.92 Å². The van der Waals surface area contributed by atoms with Crippen LogP contribution in [0, 0.1) is 0 Å². The fourth-order valence-electron chi connectivity index (χ4n) is 7.50. The van der Waals surface area contributed by atoms with Crippen LogP contribution < -0.4 is 9.88 Å². The molecule has 0 amide bonds. The molecule has 228 valence electrons. The van der Waals surface area contributed by atoms with Crippen LogP contribution in [0.25, 0.3) is 0 Å². The number of nitrogens with one attached hydrogen (secondary N) is 1. The van der Waals surface area contributed by atoms with E-state index < -0.39 is 0 Å². The Labute approximate surface area is 274 Å². The average Bonchev–Trinajstić information content (AvgIpc) is 3.67. The molecule has 1 atom stereocenters. The van der Waals surface area contributed by atoms with E-state index in [0.717, 1.165) is 0 Å². The van der Waals surface area contributed by atoms with Gasteiger partial charge in [-0.25, -0.2) is 0 Å². The highest BCUT2D eigenvalue weighted by Crippen LogP contribution is 2.47. The maximum absolute atomic E-state index is 4.10. The predicted octanol–water partition coefficient (Wildman–Crippen LogP) is 10.6. The van der Waals surface area contributed by atoms with E-state index >= 15 is 0 Å². The van der Waals surface area contributed by atoms with Gasteiger partial charge in [0, 0.05) is 36.6 Å². The topological polar surface area (TPSA) is 15.9 Å². The zero-order valence-corrected chi connectivity index (χ0v) is 26.7. The summed E-state index contributed by atoms with van der Waals surface area (Å²) < 4.78 is 2.27. The predicted molar refractivity (Wildman–Crippen MR) is 190 cm³/mol. The first-order valence-electron chi connectivity index (χ1n) is 16.9. The number of benzene rings is 5. The van der Waals surface area contributed by atoms with E-state index in [1.807, 2.05) is 0 Å². The van der Waals surface area contributed by atoms with Crippen molar-refractivity contribution < 1.29 is 4.57 Å². The number of hydrogen-bond donors (Lipinski definition) is 1. The van der Waals surface area contributed by atoms with Crippen LogP contribution in [0.5, 0.6) is 0 Å². The van der Waals surface area contributed by atoms with Crippen LogP contribution in [0.2, 0.25) is 0 Å². The number of rotatable bonds is 10. The molecule has 1 fully saturated rings. The minimum Gasteiger partial charge on any atom is -0.327 e. The summed E-state index contributed by atoms with van der Waals surface area (Å²) in [5, 5.41) is 4.10. The lowest BCUT2D eigenvalue weighted by Crippen LogP contribution is -2.41. The number of hydrogen-bond acceptors (Lipinski definition) is 1. The minimum absolute atomic E-state index is 0.0742. The SMILES string of the molecule is CC(Nc1c(C2CCCC2)cc(C(c2ccccc2)c2ccccc2)cc1C(c1ccccc1)c1ccccc1)[n+]1ccccc1. The smallest absolute Gasteiger partial charge is 0.228 e. The van der Waals surface area contributed by atoms with Crippen LogP contribution >= 0.6 is 0 Å². The van der Waals surface area contributed by atoms with Gasteiger partial charge in [-0.2, -0.15) is 4.57 Å². The minimum atomic E-state index is 0.0742. The number of pyridine rings is 1. The molecule has 1 heterocycles. The van der Waals surface area contributed by atoms with Crippen molar-refractivity contribution in [2.75, 3.05) is 5.32 Å². The molecule has 5 aromatic carbocycles. The highest BCUT2D eigenvalue weighted by atomic mass is 15.1. The van der Waals surface area contributed by atoms with Crippen molar-refractivity contribution in [2.45, 2.75) is 56.5 Å². The van der Waals surface area contributed by atoms with E-state index in [4.69, 9.17) is 0 Å². The van der Waals surface area contributed by atoms with E-state index in [9.17, 15) is 0 Å². The third kappa shape index (κ3) is 6.39. The molecule has 0 bridgehead atoms. The first-order chi connectivity index (χ1) is 22.8. The molecule has 1 unspecified atom stereocenters. The van der Waals surface area contributed by atoms with Gasteiger partial charge in [-0.1, -0.05) is 152 Å². The first-order valence-corrected chi connectivity index (χ1v) is 16.9. The van der Waals surface area contributed by atoms with Gasteiger partial charge >= 0.3 is 0 Å². The fourth-order valence-corrected chi connectivity index (χ4v) is 7.50. The first kappa shape index (κ1) is 29.7. The highest BCUT2D eigenvalue weighted by molar-refractivity contribution is 5.67. The molecule has 1 N–H and O–H groups in total. The van der Waals surface area contributed by atoms with E-state index in [2.05, 4.69) is 181 Å². The van der Waals surface area contributed by atoms with Gasteiger partial charge in [0.2, 0.25) is 6.17 Å². The van der Waals surface area contributed by atoms with Crippen LogP contribution in [0.4, 0.5) is 5.69 Å². The molecule has 0 aliphatic heterocycles. The van der Waals surface area contributed by atoms with Crippen molar-refractivity contribution in [1.82, 2.24) is 0 Å². The monoisotopic (exact) mass is 599 g/mol. The van der Waals surface area contributed by atoms with Crippen molar-refractivity contribution in [3.63, 3.8) is 0 Å². The Bertz CT molecular complexity index is 1730. The summed E-state index contributed by atoms with van der Waals surface area (Å²) in [6, 6.07) is 55.7. The molecular formula is C44H43N2+. The molecule has 46 heavy (non-hydrogen) atoms. The van der Waals surface area contributed by atoms with E-state index in [-0.39, 0.29) is 18.0 Å². The summed E-state index contributed by atoms with van der Waals surface area (Å²) in [4.78, 5) is 0. The molecule has 1 aliphatic rings. The van der Waals surface area contributed by atoms with Gasteiger partial charge in [0.05, 0.1) is 0 Å². The van der Waals surface area contributed by atoms with Crippen LogP contribution in [-0.4, -0.2) is 0 Å². The maximum atomic E-state index is 4.10. The Kier molecular flexibility index (Phi) is 9.05. The third-order valence-electron chi connectivity index (χ3n) is 9.73. The Balaban J connectivity index is 1.51. The van der Waals surface area contributed by atoms with Crippen LogP contribution in [-0.2, 0) is 0 Å². The van der Waals surface area contributed by atoms with Crippen LogP contribution in [0.1, 0.15) is 95.5 Å². The summed E-state index contributed by atoms with van der Waals surface area (Å²) in [6.07, 6.45) is 9.43. The average molecular weight is 600 g/mol. The summed E-state index contributed by atoms with van der Waals surface area (Å²) in [5.74, 6) is 0.724. The van der Waals surface area contributed by atoms with E-state index in [1.165, 1.54) is 70.3 Å². The maximum Gasteiger partial charge on any atom is 0.228 e. The van der Waals surface area contributed by atoms with Crippen molar-refractivity contribution in [3.05, 3.63) is 203 Å². The molecule has 1 aliphatic carbocycles. The number of nitrogens with zero attached hydrogens (tertiary/aromatic N) is 1. The standard InChI is InChI=1S/C44H43N2/c1-33(46-29-17-6-18-30-46)45-44-40(34-19-15-16-20-34)31-39(42(35-21-7-2-8-22-35)36-23-9-3-10-24-36)32-41(44)43(37-25-11-4-12-26-37)38-27-13-5-14-28-38/h2-14,17-18,21-34,42-43,45H,15-16,19-20H2,1H3/q+1. The van der Waals surface area contributed by atoms with Gasteiger partial charge in [-0.15, -0.1) is 0 Å². The normalized spacial score (nSPS) is 14.1. The molecule has 2 nitrogen and oxygen atoms in total. The molecule has 0 radical (unpaired) electrons. The molecule has 6 aromatic rings. The van der Waals surface area contributed by atoms with Gasteiger partial charge in [-0.05, 0) is 57.7 Å². The van der Waals surface area contributed by atoms with Crippen molar-refractivity contribution in [2.24, 2.45) is 0 Å². The second-order valence-corrected chi connectivity index (χ2v) is 12.7. The third-order valence-corrected chi connectivity index (χ3v) is 9.73. The van der Waals surface area contributed by atoms with Gasteiger partial charge in [0.25, 0.3) is 0 Å². The van der Waals surface area contributed by atoms with Gasteiger partial charge in [0.1, 0.15) is 0 Å². The Morgan fingerprint density at radius 2 is 0.957 bits per heavy atom. The summed E-state index contributed by atoms with van der Waals surface area (Å²) >= 11 is 0. The summed E-state index contributed by atoms with van der Waals surface area (Å²) in [6.45, 7) is 2.27. The lowest BCUT2D eigenvalue weighted by Gasteiger charge is -2.30. The Morgan fingerprint density at radius 1 is 0.522 bits per heavy atom. The lowest BCUT2D eigenvalue weighted by atomic mass is 9.77. The molecule has 1 aromatic heterocycles. The lowest BCUT2D eigenvalue weighted by molar-refractivity contribution is -0.713. The largest absolute Gasteiger partial charge is 0.327 e. The van der Waals surface area contributed by atoms with Gasteiger partial charge in [-0.3, -0.25) is 0 Å². The second-order valence-electron chi connectivity index (χ2n) is 12.7. The van der Waals surface area contributed by atoms with Crippen LogP contribution in [0.15, 0.2) is 164 Å². The van der Waals surface area contributed by atoms with Crippen LogP contribution in [0.3, 0.4) is 0 Å². The van der Waals surface area contributed by atoms with Crippen molar-refractivity contribution in [1.29, 1.82) is 0 Å². The molecular weight excluding hydrogens is 556 g/mol. The zero-order chi connectivity index (χ0) is 31.1. The van der Waals surface area contributed by atoms with Gasteiger partial charge < -0.3 is 5.32 Å². The quantitative estimate of drug-likeness (QED) is 0.122. The Hall–Kier alpha value is -4.95. The molecule has 0 spiro atoms. The molecule has 7 rings (SSSR count).